The second-order valence-electron chi connectivity index (χ2n) is 6.15. The normalized spacial score (nSPS) is 11.2. The van der Waals surface area contributed by atoms with E-state index in [2.05, 4.69) is 58.2 Å². The fourth-order valence-corrected chi connectivity index (χ4v) is 2.85. The van der Waals surface area contributed by atoms with E-state index < -0.39 is 0 Å². The van der Waals surface area contributed by atoms with E-state index in [0.29, 0.717) is 0 Å². The number of thioether (sulfide) groups is 1. The summed E-state index contributed by atoms with van der Waals surface area (Å²) in [4.78, 5) is 0. The monoisotopic (exact) mass is 356 g/mol. The van der Waals surface area contributed by atoms with E-state index in [4.69, 9.17) is 0 Å². The Kier molecular flexibility index (Phi) is 5.75. The van der Waals surface area contributed by atoms with Crippen molar-refractivity contribution in [3.8, 4) is 0 Å². The molecule has 25 heavy (non-hydrogen) atoms. The second kappa shape index (κ2) is 8.20. The molecule has 6 nitrogen and oxygen atoms in total. The van der Waals surface area contributed by atoms with Crippen LogP contribution in [0, 0.1) is 0 Å². The van der Waals surface area contributed by atoms with Crippen molar-refractivity contribution in [2.75, 3.05) is 29.2 Å². The maximum atomic E-state index is 4.68. The summed E-state index contributed by atoms with van der Waals surface area (Å²) in [5.41, 5.74) is 2.91. The highest BCUT2D eigenvalue weighted by Crippen LogP contribution is 2.22. The first-order valence-electron chi connectivity index (χ1n) is 8.46. The lowest BCUT2D eigenvalue weighted by Crippen LogP contribution is -2.11. The molecule has 2 heterocycles. The van der Waals surface area contributed by atoms with Crippen LogP contribution in [0.4, 0.5) is 11.5 Å². The van der Waals surface area contributed by atoms with Gasteiger partial charge in [-0.1, -0.05) is 44.2 Å². The van der Waals surface area contributed by atoms with Gasteiger partial charge in [0.05, 0.1) is 5.69 Å². The maximum Gasteiger partial charge on any atom is 0.201 e. The van der Waals surface area contributed by atoms with Crippen LogP contribution >= 0.6 is 11.8 Å². The van der Waals surface area contributed by atoms with E-state index >= 15 is 0 Å². The van der Waals surface area contributed by atoms with Gasteiger partial charge < -0.3 is 10.6 Å². The average molecular weight is 356 g/mol. The first-order chi connectivity index (χ1) is 12.2. The number of rotatable bonds is 8. The molecule has 0 aliphatic heterocycles. The van der Waals surface area contributed by atoms with Gasteiger partial charge >= 0.3 is 0 Å². The van der Waals surface area contributed by atoms with Gasteiger partial charge in [-0.25, -0.2) is 0 Å². The van der Waals surface area contributed by atoms with E-state index in [-0.39, 0.29) is 5.92 Å². The van der Waals surface area contributed by atoms with Crippen molar-refractivity contribution in [2.24, 2.45) is 0 Å². The van der Waals surface area contributed by atoms with Crippen LogP contribution in [-0.4, -0.2) is 38.4 Å². The van der Waals surface area contributed by atoms with Crippen molar-refractivity contribution in [3.05, 3.63) is 47.8 Å². The molecule has 2 aromatic heterocycles. The highest BCUT2D eigenvalue weighted by Gasteiger charge is 2.15. The van der Waals surface area contributed by atoms with Crippen LogP contribution in [0.5, 0.6) is 0 Å². The van der Waals surface area contributed by atoms with Gasteiger partial charge in [0.25, 0.3) is 0 Å². The first-order valence-corrected chi connectivity index (χ1v) is 9.85. The van der Waals surface area contributed by atoms with Gasteiger partial charge in [0.1, 0.15) is 5.82 Å². The smallest absolute Gasteiger partial charge is 0.201 e. The zero-order valence-corrected chi connectivity index (χ0v) is 15.7. The molecule has 0 saturated heterocycles. The van der Waals surface area contributed by atoms with Crippen molar-refractivity contribution in [2.45, 2.75) is 26.3 Å². The van der Waals surface area contributed by atoms with Crippen molar-refractivity contribution in [1.82, 2.24) is 19.8 Å². The summed E-state index contributed by atoms with van der Waals surface area (Å²) in [5, 5.41) is 20.2. The number of anilines is 2. The van der Waals surface area contributed by atoms with Crippen molar-refractivity contribution >= 4 is 28.9 Å². The van der Waals surface area contributed by atoms with Crippen LogP contribution in [0.1, 0.15) is 31.2 Å². The molecule has 7 heteroatoms. The van der Waals surface area contributed by atoms with Crippen LogP contribution in [0.3, 0.4) is 0 Å². The molecule has 0 bridgehead atoms. The highest BCUT2D eigenvalue weighted by atomic mass is 32.2. The largest absolute Gasteiger partial charge is 0.378 e. The Morgan fingerprint density at radius 3 is 2.64 bits per heavy atom. The molecule has 3 aromatic rings. The SMILES string of the molecule is CSCCNc1cc(NCc2ccccc2)c2nnc(C(C)C)n2n1. The predicted octanol–water partition coefficient (Wildman–Crippen LogP) is 3.63. The quantitative estimate of drug-likeness (QED) is 0.601. The Morgan fingerprint density at radius 2 is 1.92 bits per heavy atom. The molecule has 0 saturated carbocycles. The highest BCUT2D eigenvalue weighted by molar-refractivity contribution is 7.98. The molecule has 132 valence electrons. The van der Waals surface area contributed by atoms with Gasteiger partial charge in [-0.05, 0) is 11.8 Å². The number of hydrogen-bond donors (Lipinski definition) is 2. The molecule has 0 amide bonds. The Balaban J connectivity index is 1.91. The predicted molar refractivity (Wildman–Crippen MR) is 106 cm³/mol. The molecule has 2 N–H and O–H groups in total. The third-order valence-electron chi connectivity index (χ3n) is 3.85. The topological polar surface area (TPSA) is 67.1 Å². The molecule has 0 aliphatic rings. The fourth-order valence-electron chi connectivity index (χ4n) is 2.55. The van der Waals surface area contributed by atoms with Crippen LogP contribution < -0.4 is 10.6 Å². The lowest BCUT2D eigenvalue weighted by molar-refractivity contribution is 0.722. The van der Waals surface area contributed by atoms with Gasteiger partial charge in [0.2, 0.25) is 5.65 Å². The first kappa shape index (κ1) is 17.5. The number of fused-ring (bicyclic) bond motifs is 1. The Hall–Kier alpha value is -2.28. The van der Waals surface area contributed by atoms with Crippen LogP contribution in [0.15, 0.2) is 36.4 Å². The fraction of sp³-hybridized carbons (Fsp3) is 0.389. The minimum absolute atomic E-state index is 0.255. The van der Waals surface area contributed by atoms with Gasteiger partial charge in [0.15, 0.2) is 5.82 Å². The summed E-state index contributed by atoms with van der Waals surface area (Å²) in [5.74, 6) is 2.99. The van der Waals surface area contributed by atoms with E-state index in [9.17, 15) is 0 Å². The molecule has 0 aliphatic carbocycles. The number of nitrogens with one attached hydrogen (secondary N) is 2. The van der Waals surface area contributed by atoms with Crippen molar-refractivity contribution < 1.29 is 0 Å². The summed E-state index contributed by atoms with van der Waals surface area (Å²) < 4.78 is 1.85. The molecule has 0 unspecified atom stereocenters. The molecule has 0 spiro atoms. The van der Waals surface area contributed by atoms with Gasteiger partial charge in [0, 0.05) is 30.8 Å². The van der Waals surface area contributed by atoms with E-state index in [1.807, 2.05) is 40.5 Å². The van der Waals surface area contributed by atoms with E-state index in [1.54, 1.807) is 0 Å². The second-order valence-corrected chi connectivity index (χ2v) is 7.14. The Labute approximate surface area is 152 Å². The average Bonchev–Trinajstić information content (AvgIpc) is 3.05. The zero-order chi connectivity index (χ0) is 17.6. The zero-order valence-electron chi connectivity index (χ0n) is 14.9. The van der Waals surface area contributed by atoms with Crippen LogP contribution in [-0.2, 0) is 6.54 Å². The minimum Gasteiger partial charge on any atom is -0.378 e. The number of benzene rings is 1. The summed E-state index contributed by atoms with van der Waals surface area (Å²) in [6.45, 7) is 5.80. The minimum atomic E-state index is 0.255. The van der Waals surface area contributed by atoms with Gasteiger partial charge in [-0.15, -0.1) is 15.3 Å². The van der Waals surface area contributed by atoms with E-state index in [0.717, 1.165) is 41.8 Å². The molecule has 0 radical (unpaired) electrons. The van der Waals surface area contributed by atoms with Crippen LogP contribution in [0.25, 0.3) is 5.65 Å². The van der Waals surface area contributed by atoms with E-state index in [1.165, 1.54) is 5.56 Å². The molecule has 1 aromatic carbocycles. The standard InChI is InChI=1S/C18H24N6S/c1-13(2)17-21-22-18-15(20-12-14-7-5-4-6-8-14)11-16(23-24(17)18)19-9-10-25-3/h4-8,11,13,20H,9-10,12H2,1-3H3,(H,19,23). The number of aromatic nitrogens is 4. The summed E-state index contributed by atoms with van der Waals surface area (Å²) >= 11 is 1.81. The summed E-state index contributed by atoms with van der Waals surface area (Å²) in [7, 11) is 0. The lowest BCUT2D eigenvalue weighted by Gasteiger charge is -2.12. The molecular weight excluding hydrogens is 332 g/mol. The number of nitrogens with zero attached hydrogens (tertiary/aromatic N) is 4. The Bertz CT molecular complexity index is 815. The third kappa shape index (κ3) is 4.22. The molecule has 3 rings (SSSR count). The maximum absolute atomic E-state index is 4.68. The van der Waals surface area contributed by atoms with Crippen LogP contribution in [0.2, 0.25) is 0 Å². The lowest BCUT2D eigenvalue weighted by atomic mass is 10.2. The van der Waals surface area contributed by atoms with Gasteiger partial charge in [-0.3, -0.25) is 0 Å². The molecule has 0 atom stereocenters. The molecular formula is C18H24N6S. The summed E-state index contributed by atoms with van der Waals surface area (Å²) in [6.07, 6.45) is 2.10. The third-order valence-corrected chi connectivity index (χ3v) is 4.46. The Morgan fingerprint density at radius 1 is 1.12 bits per heavy atom. The number of hydrogen-bond acceptors (Lipinski definition) is 6. The van der Waals surface area contributed by atoms with Crippen molar-refractivity contribution in [3.63, 3.8) is 0 Å². The van der Waals surface area contributed by atoms with Crippen molar-refractivity contribution in [1.29, 1.82) is 0 Å². The van der Waals surface area contributed by atoms with Gasteiger partial charge in [-0.2, -0.15) is 16.3 Å². The molecule has 0 fully saturated rings. The summed E-state index contributed by atoms with van der Waals surface area (Å²) in [6, 6.07) is 12.3.